The van der Waals surface area contributed by atoms with E-state index in [9.17, 15) is 31.1 Å². The van der Waals surface area contributed by atoms with Crippen LogP contribution in [0, 0.1) is 17.8 Å². The van der Waals surface area contributed by atoms with E-state index in [1.807, 2.05) is 0 Å². The van der Waals surface area contributed by atoms with Gasteiger partial charge in [-0.1, -0.05) is 0 Å². The van der Waals surface area contributed by atoms with Gasteiger partial charge in [-0.25, -0.2) is 0 Å². The minimum Gasteiger partial charge on any atom is -0.481 e. The number of carboxylic acid groups (broad SMARTS) is 1. The molecule has 1 aliphatic carbocycles. The number of aliphatic carboxylic acids is 1. The molecule has 0 spiro atoms. The zero-order valence-electron chi connectivity index (χ0n) is 8.48. The van der Waals surface area contributed by atoms with E-state index in [0.717, 1.165) is 0 Å². The highest BCUT2D eigenvalue weighted by atomic mass is 19.4. The molecule has 1 rings (SSSR count). The van der Waals surface area contributed by atoms with E-state index in [1.165, 1.54) is 0 Å². The van der Waals surface area contributed by atoms with Crippen molar-refractivity contribution in [3.8, 4) is 0 Å². The minimum absolute atomic E-state index is 0.772. The standard InChI is InChI=1S/C9H10F6O2/c10-8(11,12)5-1-4(7(16)17)2-6(3-5)9(13,14)15/h4-6H,1-3H2,(H,16,17). The summed E-state index contributed by atoms with van der Waals surface area (Å²) in [5.41, 5.74) is 0. The van der Waals surface area contributed by atoms with Crippen LogP contribution in [0.3, 0.4) is 0 Å². The quantitative estimate of drug-likeness (QED) is 0.738. The van der Waals surface area contributed by atoms with Gasteiger partial charge in [-0.15, -0.1) is 0 Å². The molecule has 0 amide bonds. The lowest BCUT2D eigenvalue weighted by Gasteiger charge is -2.34. The largest absolute Gasteiger partial charge is 0.481 e. The Morgan fingerprint density at radius 1 is 0.882 bits per heavy atom. The summed E-state index contributed by atoms with van der Waals surface area (Å²) in [6.07, 6.45) is -12.2. The molecule has 2 nitrogen and oxygen atoms in total. The first-order valence-corrected chi connectivity index (χ1v) is 4.88. The molecule has 1 N–H and O–H groups in total. The van der Waals surface area contributed by atoms with E-state index in [0.29, 0.717) is 0 Å². The van der Waals surface area contributed by atoms with Crippen LogP contribution in [0.5, 0.6) is 0 Å². The van der Waals surface area contributed by atoms with Gasteiger partial charge >= 0.3 is 18.3 Å². The van der Waals surface area contributed by atoms with Gasteiger partial charge in [-0.05, 0) is 19.3 Å². The molecule has 0 heterocycles. The SMILES string of the molecule is O=C(O)C1CC(C(F)(F)F)CC(C(F)(F)F)C1. The first-order valence-electron chi connectivity index (χ1n) is 4.88. The molecule has 0 aromatic carbocycles. The highest BCUT2D eigenvalue weighted by Gasteiger charge is 2.52. The van der Waals surface area contributed by atoms with Gasteiger partial charge in [0.05, 0.1) is 17.8 Å². The zero-order chi connectivity index (χ0) is 13.4. The van der Waals surface area contributed by atoms with Crippen LogP contribution in [-0.2, 0) is 4.79 Å². The van der Waals surface area contributed by atoms with Crippen LogP contribution < -0.4 is 0 Å². The molecule has 2 atom stereocenters. The zero-order valence-corrected chi connectivity index (χ0v) is 8.48. The first kappa shape index (κ1) is 14.1. The number of carbonyl (C=O) groups is 1. The lowest BCUT2D eigenvalue weighted by atomic mass is 9.74. The van der Waals surface area contributed by atoms with Crippen LogP contribution in [0.25, 0.3) is 0 Å². The molecular weight excluding hydrogens is 254 g/mol. The molecule has 100 valence electrons. The minimum atomic E-state index is -4.78. The Morgan fingerprint density at radius 3 is 1.47 bits per heavy atom. The van der Waals surface area contributed by atoms with Crippen molar-refractivity contribution in [2.45, 2.75) is 31.6 Å². The number of alkyl halides is 6. The summed E-state index contributed by atoms with van der Waals surface area (Å²) in [6, 6.07) is 0. The number of carboxylic acids is 1. The second-order valence-corrected chi connectivity index (χ2v) is 4.22. The Kier molecular flexibility index (Phi) is 3.63. The summed E-state index contributed by atoms with van der Waals surface area (Å²) in [6.45, 7) is 0. The Hall–Kier alpha value is -0.950. The van der Waals surface area contributed by atoms with Gasteiger partial charge in [-0.2, -0.15) is 26.3 Å². The van der Waals surface area contributed by atoms with Crippen molar-refractivity contribution >= 4 is 5.97 Å². The Morgan fingerprint density at radius 2 is 1.24 bits per heavy atom. The van der Waals surface area contributed by atoms with Gasteiger partial charge in [-0.3, -0.25) is 4.79 Å². The van der Waals surface area contributed by atoms with E-state index in [-0.39, 0.29) is 0 Å². The van der Waals surface area contributed by atoms with E-state index in [1.54, 1.807) is 0 Å². The maximum Gasteiger partial charge on any atom is 0.391 e. The third-order valence-electron chi connectivity index (χ3n) is 2.98. The van der Waals surface area contributed by atoms with Gasteiger partial charge in [0.1, 0.15) is 0 Å². The molecule has 8 heteroatoms. The molecule has 0 saturated heterocycles. The number of halogens is 6. The van der Waals surface area contributed by atoms with Crippen molar-refractivity contribution in [3.05, 3.63) is 0 Å². The number of hydrogen-bond acceptors (Lipinski definition) is 1. The average Bonchev–Trinajstić information content (AvgIpc) is 2.14. The summed E-state index contributed by atoms with van der Waals surface area (Å²) < 4.78 is 74.3. The van der Waals surface area contributed by atoms with Crippen molar-refractivity contribution in [1.29, 1.82) is 0 Å². The van der Waals surface area contributed by atoms with E-state index in [2.05, 4.69) is 0 Å². The molecule has 1 aliphatic rings. The van der Waals surface area contributed by atoms with Crippen LogP contribution in [0.1, 0.15) is 19.3 Å². The molecule has 0 aromatic heterocycles. The van der Waals surface area contributed by atoms with Gasteiger partial charge in [0.2, 0.25) is 0 Å². The van der Waals surface area contributed by atoms with Crippen LogP contribution in [0.2, 0.25) is 0 Å². The summed E-state index contributed by atoms with van der Waals surface area (Å²) in [5, 5.41) is 8.57. The van der Waals surface area contributed by atoms with Crippen molar-refractivity contribution in [1.82, 2.24) is 0 Å². The van der Waals surface area contributed by atoms with Crippen LogP contribution in [0.15, 0.2) is 0 Å². The van der Waals surface area contributed by atoms with Gasteiger partial charge in [0, 0.05) is 0 Å². The summed E-state index contributed by atoms with van der Waals surface area (Å²) in [5.74, 6) is -7.57. The van der Waals surface area contributed by atoms with E-state index < -0.39 is 55.3 Å². The smallest absolute Gasteiger partial charge is 0.391 e. The van der Waals surface area contributed by atoms with Crippen molar-refractivity contribution in [2.24, 2.45) is 17.8 Å². The summed E-state index contributed by atoms with van der Waals surface area (Å²) in [4.78, 5) is 10.6. The molecule has 17 heavy (non-hydrogen) atoms. The van der Waals surface area contributed by atoms with Crippen molar-refractivity contribution < 1.29 is 36.2 Å². The molecular formula is C9H10F6O2. The molecule has 0 bridgehead atoms. The monoisotopic (exact) mass is 264 g/mol. The van der Waals surface area contributed by atoms with Crippen molar-refractivity contribution in [3.63, 3.8) is 0 Å². The van der Waals surface area contributed by atoms with Gasteiger partial charge in [0.25, 0.3) is 0 Å². The number of rotatable bonds is 1. The maximum absolute atomic E-state index is 12.4. The summed E-state index contributed by atoms with van der Waals surface area (Å²) in [7, 11) is 0. The third-order valence-corrected chi connectivity index (χ3v) is 2.98. The molecule has 1 saturated carbocycles. The van der Waals surface area contributed by atoms with Crippen LogP contribution in [-0.4, -0.2) is 23.4 Å². The second-order valence-electron chi connectivity index (χ2n) is 4.22. The molecule has 0 radical (unpaired) electrons. The topological polar surface area (TPSA) is 37.3 Å². The molecule has 0 aromatic rings. The lowest BCUT2D eigenvalue weighted by Crippen LogP contribution is -2.40. The first-order chi connectivity index (χ1) is 7.51. The Bertz CT molecular complexity index is 273. The van der Waals surface area contributed by atoms with Gasteiger partial charge < -0.3 is 5.11 Å². The average molecular weight is 264 g/mol. The molecule has 2 unspecified atom stereocenters. The van der Waals surface area contributed by atoms with Crippen LogP contribution >= 0.6 is 0 Å². The molecule has 1 fully saturated rings. The number of hydrogen-bond donors (Lipinski definition) is 1. The maximum atomic E-state index is 12.4. The highest BCUT2D eigenvalue weighted by Crippen LogP contribution is 2.47. The fraction of sp³-hybridized carbons (Fsp3) is 0.889. The Labute approximate surface area is 92.6 Å². The third kappa shape index (κ3) is 3.50. The van der Waals surface area contributed by atoms with Crippen LogP contribution in [0.4, 0.5) is 26.3 Å². The second kappa shape index (κ2) is 4.38. The van der Waals surface area contributed by atoms with E-state index in [4.69, 9.17) is 5.11 Å². The predicted octanol–water partition coefficient (Wildman–Crippen LogP) is 3.23. The fourth-order valence-electron chi connectivity index (χ4n) is 2.06. The molecule has 0 aliphatic heterocycles. The van der Waals surface area contributed by atoms with E-state index >= 15 is 0 Å². The fourth-order valence-corrected chi connectivity index (χ4v) is 2.06. The predicted molar refractivity (Wildman–Crippen MR) is 44.1 cm³/mol. The lowest BCUT2D eigenvalue weighted by molar-refractivity contribution is -0.229. The van der Waals surface area contributed by atoms with Gasteiger partial charge in [0.15, 0.2) is 0 Å². The normalized spacial score (nSPS) is 31.3. The highest BCUT2D eigenvalue weighted by molar-refractivity contribution is 5.70. The Balaban J connectivity index is 2.88. The van der Waals surface area contributed by atoms with Crippen molar-refractivity contribution in [2.75, 3.05) is 0 Å². The summed E-state index contributed by atoms with van der Waals surface area (Å²) >= 11 is 0.